The lowest BCUT2D eigenvalue weighted by molar-refractivity contribution is 0.0954. The molecule has 0 aliphatic heterocycles. The van der Waals surface area contributed by atoms with E-state index in [1.807, 2.05) is 6.07 Å². The molecule has 7 heteroatoms. The highest BCUT2D eigenvalue weighted by Gasteiger charge is 2.05. The summed E-state index contributed by atoms with van der Waals surface area (Å²) in [5.74, 6) is 0.905. The standard InChI is InChI=1S/C20H25FN4O2/c1-14-4-5-15(12-18(14)21)13-25-20(22-2)24-11-10-23-19(26)16-6-8-17(27-3)9-7-16/h4-9,12H,10-11,13H2,1-3H3,(H,23,26)(H2,22,24,25). The number of aryl methyl sites for hydroxylation is 1. The lowest BCUT2D eigenvalue weighted by Crippen LogP contribution is -2.41. The van der Waals surface area contributed by atoms with E-state index in [1.54, 1.807) is 51.4 Å². The Labute approximate surface area is 158 Å². The molecule has 0 aromatic heterocycles. The maximum Gasteiger partial charge on any atom is 0.251 e. The molecular weight excluding hydrogens is 347 g/mol. The van der Waals surface area contributed by atoms with Crippen LogP contribution < -0.4 is 20.7 Å². The third-order valence-corrected chi connectivity index (χ3v) is 3.98. The first-order valence-corrected chi connectivity index (χ1v) is 8.65. The second-order valence-corrected chi connectivity index (χ2v) is 5.92. The van der Waals surface area contributed by atoms with E-state index in [2.05, 4.69) is 20.9 Å². The number of rotatable bonds is 7. The van der Waals surface area contributed by atoms with Crippen LogP contribution in [0.25, 0.3) is 0 Å². The summed E-state index contributed by atoms with van der Waals surface area (Å²) in [5, 5.41) is 9.04. The smallest absolute Gasteiger partial charge is 0.251 e. The number of carbonyl (C=O) groups is 1. The largest absolute Gasteiger partial charge is 0.497 e. The van der Waals surface area contributed by atoms with E-state index in [1.165, 1.54) is 6.07 Å². The lowest BCUT2D eigenvalue weighted by atomic mass is 10.1. The number of hydrogen-bond acceptors (Lipinski definition) is 3. The van der Waals surface area contributed by atoms with Crippen molar-refractivity contribution in [2.24, 2.45) is 4.99 Å². The van der Waals surface area contributed by atoms with Crippen LogP contribution in [0.5, 0.6) is 5.75 Å². The van der Waals surface area contributed by atoms with E-state index in [0.717, 1.165) is 5.56 Å². The molecule has 0 saturated carbocycles. The third-order valence-electron chi connectivity index (χ3n) is 3.98. The fourth-order valence-corrected chi connectivity index (χ4v) is 2.35. The van der Waals surface area contributed by atoms with Crippen molar-refractivity contribution < 1.29 is 13.9 Å². The first-order valence-electron chi connectivity index (χ1n) is 8.65. The molecule has 0 aliphatic rings. The van der Waals surface area contributed by atoms with Gasteiger partial charge in [-0.15, -0.1) is 0 Å². The molecule has 0 aliphatic carbocycles. The summed E-state index contributed by atoms with van der Waals surface area (Å²) in [5.41, 5.74) is 2.02. The van der Waals surface area contributed by atoms with E-state index in [-0.39, 0.29) is 11.7 Å². The Balaban J connectivity index is 1.72. The molecule has 0 radical (unpaired) electrons. The third kappa shape index (κ3) is 6.29. The first kappa shape index (κ1) is 20.2. The molecular formula is C20H25FN4O2. The summed E-state index contributed by atoms with van der Waals surface area (Å²) < 4.78 is 18.6. The molecule has 0 bridgehead atoms. The number of halogens is 1. The number of nitrogens with one attached hydrogen (secondary N) is 3. The molecule has 2 aromatic rings. The maximum absolute atomic E-state index is 13.6. The van der Waals surface area contributed by atoms with Gasteiger partial charge >= 0.3 is 0 Å². The average Bonchev–Trinajstić information content (AvgIpc) is 2.69. The van der Waals surface area contributed by atoms with Gasteiger partial charge in [0, 0.05) is 32.2 Å². The average molecular weight is 372 g/mol. The summed E-state index contributed by atoms with van der Waals surface area (Å²) in [7, 11) is 3.23. The number of guanidine groups is 1. The number of amides is 1. The van der Waals surface area contributed by atoms with Gasteiger partial charge < -0.3 is 20.7 Å². The quantitative estimate of drug-likeness (QED) is 0.396. The molecule has 0 fully saturated rings. The van der Waals surface area contributed by atoms with Crippen molar-refractivity contribution in [1.29, 1.82) is 0 Å². The molecule has 0 spiro atoms. The van der Waals surface area contributed by atoms with E-state index in [0.29, 0.717) is 42.5 Å². The molecule has 0 atom stereocenters. The van der Waals surface area contributed by atoms with Gasteiger partial charge in [-0.05, 0) is 48.4 Å². The molecule has 27 heavy (non-hydrogen) atoms. The predicted octanol–water partition coefficient (Wildman–Crippen LogP) is 2.24. The molecule has 0 heterocycles. The van der Waals surface area contributed by atoms with Crippen molar-refractivity contribution in [3.63, 3.8) is 0 Å². The molecule has 2 aromatic carbocycles. The zero-order valence-corrected chi connectivity index (χ0v) is 15.8. The van der Waals surface area contributed by atoms with Crippen LogP contribution in [0.2, 0.25) is 0 Å². The van der Waals surface area contributed by atoms with Gasteiger partial charge in [0.15, 0.2) is 5.96 Å². The monoisotopic (exact) mass is 372 g/mol. The summed E-state index contributed by atoms with van der Waals surface area (Å²) >= 11 is 0. The van der Waals surface area contributed by atoms with Crippen molar-refractivity contribution in [3.05, 3.63) is 65.0 Å². The highest BCUT2D eigenvalue weighted by Crippen LogP contribution is 2.11. The summed E-state index contributed by atoms with van der Waals surface area (Å²) in [6.45, 7) is 3.12. The van der Waals surface area contributed by atoms with Gasteiger partial charge in [-0.3, -0.25) is 9.79 Å². The minimum atomic E-state index is -0.224. The van der Waals surface area contributed by atoms with Gasteiger partial charge in [-0.2, -0.15) is 0 Å². The highest BCUT2D eigenvalue weighted by atomic mass is 19.1. The molecule has 3 N–H and O–H groups in total. The Kier molecular flexibility index (Phi) is 7.61. The number of nitrogens with zero attached hydrogens (tertiary/aromatic N) is 1. The Morgan fingerprint density at radius 3 is 2.41 bits per heavy atom. The first-order chi connectivity index (χ1) is 13.0. The van der Waals surface area contributed by atoms with Crippen LogP contribution in [-0.2, 0) is 6.54 Å². The summed E-state index contributed by atoms with van der Waals surface area (Å²) in [6, 6.07) is 12.0. The second-order valence-electron chi connectivity index (χ2n) is 5.92. The van der Waals surface area contributed by atoms with Gasteiger partial charge in [0.25, 0.3) is 5.91 Å². The van der Waals surface area contributed by atoms with E-state index in [9.17, 15) is 9.18 Å². The molecule has 1 amide bonds. The molecule has 0 saturated heterocycles. The van der Waals surface area contributed by atoms with Crippen LogP contribution in [0.15, 0.2) is 47.5 Å². The van der Waals surface area contributed by atoms with Crippen LogP contribution >= 0.6 is 0 Å². The minimum absolute atomic E-state index is 0.155. The Morgan fingerprint density at radius 1 is 1.07 bits per heavy atom. The van der Waals surface area contributed by atoms with Crippen molar-refractivity contribution in [1.82, 2.24) is 16.0 Å². The fourth-order valence-electron chi connectivity index (χ4n) is 2.35. The van der Waals surface area contributed by atoms with E-state index >= 15 is 0 Å². The van der Waals surface area contributed by atoms with Gasteiger partial charge in [0.05, 0.1) is 7.11 Å². The van der Waals surface area contributed by atoms with Crippen molar-refractivity contribution in [2.45, 2.75) is 13.5 Å². The van der Waals surface area contributed by atoms with Gasteiger partial charge in [0.2, 0.25) is 0 Å². The van der Waals surface area contributed by atoms with Gasteiger partial charge in [-0.25, -0.2) is 4.39 Å². The highest BCUT2D eigenvalue weighted by molar-refractivity contribution is 5.94. The lowest BCUT2D eigenvalue weighted by Gasteiger charge is -2.13. The van der Waals surface area contributed by atoms with Gasteiger partial charge in [-0.1, -0.05) is 12.1 Å². The number of aliphatic imine (C=N–C) groups is 1. The maximum atomic E-state index is 13.6. The number of methoxy groups -OCH3 is 1. The summed E-state index contributed by atoms with van der Waals surface area (Å²) in [4.78, 5) is 16.2. The number of carbonyl (C=O) groups excluding carboxylic acids is 1. The van der Waals surface area contributed by atoms with Crippen LogP contribution in [0, 0.1) is 12.7 Å². The predicted molar refractivity (Wildman–Crippen MR) is 105 cm³/mol. The minimum Gasteiger partial charge on any atom is -0.497 e. The van der Waals surface area contributed by atoms with E-state index < -0.39 is 0 Å². The zero-order chi connectivity index (χ0) is 19.6. The Bertz CT molecular complexity index is 791. The molecule has 144 valence electrons. The van der Waals surface area contributed by atoms with Crippen molar-refractivity contribution in [3.8, 4) is 5.75 Å². The van der Waals surface area contributed by atoms with Gasteiger partial charge in [0.1, 0.15) is 11.6 Å². The number of hydrogen-bond donors (Lipinski definition) is 3. The molecule has 6 nitrogen and oxygen atoms in total. The van der Waals surface area contributed by atoms with Crippen LogP contribution in [-0.4, -0.2) is 39.1 Å². The van der Waals surface area contributed by atoms with E-state index in [4.69, 9.17) is 4.74 Å². The normalized spacial score (nSPS) is 11.0. The Morgan fingerprint density at radius 2 is 1.78 bits per heavy atom. The number of ether oxygens (including phenoxy) is 1. The van der Waals surface area contributed by atoms with Crippen LogP contribution in [0.3, 0.4) is 0 Å². The van der Waals surface area contributed by atoms with Crippen LogP contribution in [0.1, 0.15) is 21.5 Å². The Hall–Kier alpha value is -3.09. The molecule has 0 unspecified atom stereocenters. The SMILES string of the molecule is CN=C(NCCNC(=O)c1ccc(OC)cc1)NCc1ccc(C)c(F)c1. The topological polar surface area (TPSA) is 74.8 Å². The van der Waals surface area contributed by atoms with Crippen molar-refractivity contribution >= 4 is 11.9 Å². The zero-order valence-electron chi connectivity index (χ0n) is 15.8. The summed E-state index contributed by atoms with van der Waals surface area (Å²) in [6.07, 6.45) is 0. The fraction of sp³-hybridized carbons (Fsp3) is 0.300. The molecule has 2 rings (SSSR count). The van der Waals surface area contributed by atoms with Crippen LogP contribution in [0.4, 0.5) is 4.39 Å². The second kappa shape index (κ2) is 10.2. The van der Waals surface area contributed by atoms with Crippen molar-refractivity contribution in [2.75, 3.05) is 27.2 Å². The number of benzene rings is 2.